The summed E-state index contributed by atoms with van der Waals surface area (Å²) in [6.45, 7) is 2.04. The van der Waals surface area contributed by atoms with Gasteiger partial charge in [-0.25, -0.2) is 4.98 Å². The molecule has 0 N–H and O–H groups in total. The average molecular weight is 375 g/mol. The normalized spacial score (nSPS) is 10.4. The topological polar surface area (TPSA) is 75.4 Å². The van der Waals surface area contributed by atoms with Gasteiger partial charge >= 0.3 is 5.97 Å². The van der Waals surface area contributed by atoms with E-state index in [4.69, 9.17) is 9.47 Å². The number of carbonyl (C=O) groups excluding carboxylic acids is 1. The number of pyridine rings is 1. The highest BCUT2D eigenvalue weighted by atomic mass is 16.5. The number of likely N-dealkylation sites (N-methyl/N-ethyl adjacent to an activating group) is 1. The van der Waals surface area contributed by atoms with Crippen LogP contribution < -0.4 is 9.64 Å². The van der Waals surface area contributed by atoms with Gasteiger partial charge in [-0.3, -0.25) is 4.79 Å². The Bertz CT molecular complexity index is 1090. The molecule has 0 saturated carbocycles. The van der Waals surface area contributed by atoms with Crippen molar-refractivity contribution in [2.24, 2.45) is 0 Å². The summed E-state index contributed by atoms with van der Waals surface area (Å²) in [4.78, 5) is 18.0. The number of benzene rings is 2. The lowest BCUT2D eigenvalue weighted by molar-refractivity contribution is -0.138. The fourth-order valence-electron chi connectivity index (χ4n) is 3.24. The zero-order valence-corrected chi connectivity index (χ0v) is 16.3. The molecule has 1 aromatic heterocycles. The summed E-state index contributed by atoms with van der Waals surface area (Å²) in [6.07, 6.45) is 1.75. The van der Waals surface area contributed by atoms with Gasteiger partial charge in [-0.2, -0.15) is 5.26 Å². The van der Waals surface area contributed by atoms with Crippen LogP contribution in [0.5, 0.6) is 5.75 Å². The molecule has 0 atom stereocenters. The van der Waals surface area contributed by atoms with Crippen LogP contribution in [-0.4, -0.2) is 38.8 Å². The molecule has 6 nitrogen and oxygen atoms in total. The number of carbonyl (C=O) groups is 1. The van der Waals surface area contributed by atoms with E-state index in [0.29, 0.717) is 16.8 Å². The SMILES string of the molecule is COC(=O)CN(C)c1ncc(-c2cc(C)ccc2OC)c2cccc(C#N)c12. The number of anilines is 1. The zero-order valence-electron chi connectivity index (χ0n) is 16.3. The quantitative estimate of drug-likeness (QED) is 0.633. The lowest BCUT2D eigenvalue weighted by Gasteiger charge is -2.21. The second-order valence-corrected chi connectivity index (χ2v) is 6.47. The van der Waals surface area contributed by atoms with Crippen LogP contribution >= 0.6 is 0 Å². The zero-order chi connectivity index (χ0) is 20.3. The molecule has 0 unspecified atom stereocenters. The van der Waals surface area contributed by atoms with Gasteiger partial charge in [-0.05, 0) is 30.5 Å². The monoisotopic (exact) mass is 375 g/mol. The molecule has 3 aromatic rings. The van der Waals surface area contributed by atoms with Crippen LogP contribution in [0.25, 0.3) is 21.9 Å². The van der Waals surface area contributed by atoms with Crippen molar-refractivity contribution in [3.8, 4) is 22.9 Å². The van der Waals surface area contributed by atoms with Crippen molar-refractivity contribution >= 4 is 22.6 Å². The van der Waals surface area contributed by atoms with Crippen LogP contribution in [0.2, 0.25) is 0 Å². The number of nitriles is 1. The standard InChI is InChI=1S/C22H21N3O3/c1-14-8-9-19(27-3)17(10-14)18-12-24-22(25(2)13-20(26)28-4)21-15(11-23)6-5-7-16(18)21/h5-10,12H,13H2,1-4H3. The van der Waals surface area contributed by atoms with Crippen molar-refractivity contribution in [1.29, 1.82) is 5.26 Å². The first-order valence-corrected chi connectivity index (χ1v) is 8.75. The van der Waals surface area contributed by atoms with Crippen molar-refractivity contribution < 1.29 is 14.3 Å². The number of aryl methyl sites for hydroxylation is 1. The maximum absolute atomic E-state index is 11.7. The first-order chi connectivity index (χ1) is 13.5. The molecule has 0 fully saturated rings. The fourth-order valence-corrected chi connectivity index (χ4v) is 3.24. The Morgan fingerprint density at radius 2 is 2.00 bits per heavy atom. The first kappa shape index (κ1) is 19.2. The number of rotatable bonds is 5. The van der Waals surface area contributed by atoms with Gasteiger partial charge < -0.3 is 14.4 Å². The predicted octanol–water partition coefficient (Wildman–Crippen LogP) is 3.70. The van der Waals surface area contributed by atoms with Gasteiger partial charge in [0.15, 0.2) is 0 Å². The summed E-state index contributed by atoms with van der Waals surface area (Å²) in [5, 5.41) is 11.2. The van der Waals surface area contributed by atoms with E-state index in [1.807, 2.05) is 37.3 Å². The third-order valence-electron chi connectivity index (χ3n) is 4.62. The maximum Gasteiger partial charge on any atom is 0.325 e. The summed E-state index contributed by atoms with van der Waals surface area (Å²) in [6, 6.07) is 13.7. The lowest BCUT2D eigenvalue weighted by Crippen LogP contribution is -2.27. The summed E-state index contributed by atoms with van der Waals surface area (Å²) >= 11 is 0. The average Bonchev–Trinajstić information content (AvgIpc) is 2.72. The molecule has 6 heteroatoms. The van der Waals surface area contributed by atoms with E-state index in [2.05, 4.69) is 11.1 Å². The highest BCUT2D eigenvalue weighted by Crippen LogP contribution is 2.39. The highest BCUT2D eigenvalue weighted by molar-refractivity contribution is 6.06. The number of methoxy groups -OCH3 is 2. The van der Waals surface area contributed by atoms with E-state index in [1.54, 1.807) is 31.3 Å². The van der Waals surface area contributed by atoms with Gasteiger partial charge in [0.25, 0.3) is 0 Å². The number of aromatic nitrogens is 1. The van der Waals surface area contributed by atoms with Gasteiger partial charge in [0, 0.05) is 29.8 Å². The van der Waals surface area contributed by atoms with Crippen molar-refractivity contribution in [3.05, 3.63) is 53.7 Å². The maximum atomic E-state index is 11.7. The van der Waals surface area contributed by atoms with Crippen LogP contribution in [-0.2, 0) is 9.53 Å². The number of hydrogen-bond donors (Lipinski definition) is 0. The molecule has 0 aliphatic rings. The van der Waals surface area contributed by atoms with Crippen LogP contribution in [0.4, 0.5) is 5.82 Å². The lowest BCUT2D eigenvalue weighted by atomic mass is 9.96. The Labute approximate surface area is 163 Å². The van der Waals surface area contributed by atoms with Gasteiger partial charge in [0.2, 0.25) is 0 Å². The van der Waals surface area contributed by atoms with Gasteiger partial charge in [-0.1, -0.05) is 23.8 Å². The molecule has 0 radical (unpaired) electrons. The molecule has 0 spiro atoms. The van der Waals surface area contributed by atoms with Crippen molar-refractivity contribution in [2.75, 3.05) is 32.7 Å². The Balaban J connectivity index is 2.30. The minimum atomic E-state index is -0.378. The molecule has 0 amide bonds. The molecule has 28 heavy (non-hydrogen) atoms. The Kier molecular flexibility index (Phi) is 5.46. The van der Waals surface area contributed by atoms with E-state index in [1.165, 1.54) is 7.11 Å². The number of esters is 1. The molecule has 3 rings (SSSR count). The summed E-state index contributed by atoms with van der Waals surface area (Å²) in [5.74, 6) is 0.899. The number of ether oxygens (including phenoxy) is 2. The van der Waals surface area contributed by atoms with Crippen molar-refractivity contribution in [2.45, 2.75) is 6.92 Å². The fraction of sp³-hybridized carbons (Fsp3) is 0.227. The third-order valence-corrected chi connectivity index (χ3v) is 4.62. The summed E-state index contributed by atoms with van der Waals surface area (Å²) in [5.41, 5.74) is 3.34. The van der Waals surface area contributed by atoms with E-state index < -0.39 is 0 Å². The molecular formula is C22H21N3O3. The van der Waals surface area contributed by atoms with E-state index in [0.717, 1.165) is 27.8 Å². The molecule has 0 bridgehead atoms. The second kappa shape index (κ2) is 7.97. The van der Waals surface area contributed by atoms with E-state index in [-0.39, 0.29) is 12.5 Å². The van der Waals surface area contributed by atoms with Crippen LogP contribution in [0.3, 0.4) is 0 Å². The van der Waals surface area contributed by atoms with Gasteiger partial charge in [0.05, 0.1) is 25.9 Å². The van der Waals surface area contributed by atoms with Gasteiger partial charge in [0.1, 0.15) is 18.1 Å². The van der Waals surface area contributed by atoms with Crippen LogP contribution in [0.15, 0.2) is 42.6 Å². The number of fused-ring (bicyclic) bond motifs is 1. The van der Waals surface area contributed by atoms with Crippen molar-refractivity contribution in [3.63, 3.8) is 0 Å². The summed E-state index contributed by atoms with van der Waals surface area (Å²) in [7, 11) is 4.72. The van der Waals surface area contributed by atoms with Crippen LogP contribution in [0.1, 0.15) is 11.1 Å². The molecule has 0 aliphatic carbocycles. The molecule has 0 aliphatic heterocycles. The van der Waals surface area contributed by atoms with Crippen molar-refractivity contribution in [1.82, 2.24) is 4.98 Å². The molecule has 0 saturated heterocycles. The molecule has 1 heterocycles. The highest BCUT2D eigenvalue weighted by Gasteiger charge is 2.19. The summed E-state index contributed by atoms with van der Waals surface area (Å²) < 4.78 is 10.3. The Morgan fingerprint density at radius 1 is 1.21 bits per heavy atom. The molecular weight excluding hydrogens is 354 g/mol. The largest absolute Gasteiger partial charge is 0.496 e. The van der Waals surface area contributed by atoms with Gasteiger partial charge in [-0.15, -0.1) is 0 Å². The molecule has 2 aromatic carbocycles. The number of nitrogens with zero attached hydrogens (tertiary/aromatic N) is 3. The first-order valence-electron chi connectivity index (χ1n) is 8.75. The minimum Gasteiger partial charge on any atom is -0.496 e. The smallest absolute Gasteiger partial charge is 0.325 e. The second-order valence-electron chi connectivity index (χ2n) is 6.47. The van der Waals surface area contributed by atoms with E-state index in [9.17, 15) is 10.1 Å². The van der Waals surface area contributed by atoms with Crippen LogP contribution in [0, 0.1) is 18.3 Å². The van der Waals surface area contributed by atoms with E-state index >= 15 is 0 Å². The molecule has 142 valence electrons. The minimum absolute atomic E-state index is 0.0332. The number of hydrogen-bond acceptors (Lipinski definition) is 6. The Morgan fingerprint density at radius 3 is 2.68 bits per heavy atom. The predicted molar refractivity (Wildman–Crippen MR) is 108 cm³/mol. The Hall–Kier alpha value is -3.59. The third kappa shape index (κ3) is 3.47.